The highest BCUT2D eigenvalue weighted by atomic mass is 16.1. The Bertz CT molecular complexity index is 759. The van der Waals surface area contributed by atoms with Gasteiger partial charge in [0.1, 0.15) is 5.69 Å². The van der Waals surface area contributed by atoms with Crippen molar-refractivity contribution in [1.82, 2.24) is 25.4 Å². The van der Waals surface area contributed by atoms with Crippen molar-refractivity contribution in [1.29, 1.82) is 0 Å². The molecule has 0 aliphatic rings. The zero-order chi connectivity index (χ0) is 12.5. The average Bonchev–Trinajstić information content (AvgIpc) is 2.81. The van der Waals surface area contributed by atoms with Crippen molar-refractivity contribution in [2.75, 3.05) is 5.32 Å². The van der Waals surface area contributed by atoms with Gasteiger partial charge in [-0.05, 0) is 25.1 Å². The van der Waals surface area contributed by atoms with E-state index in [0.29, 0.717) is 11.6 Å². The Morgan fingerprint density at radius 2 is 2.17 bits per heavy atom. The first-order valence-electron chi connectivity index (χ1n) is 5.36. The van der Waals surface area contributed by atoms with Crippen molar-refractivity contribution in [3.8, 4) is 0 Å². The molecule has 0 saturated heterocycles. The Hall–Kier alpha value is -2.70. The number of rotatable bonds is 2. The summed E-state index contributed by atoms with van der Waals surface area (Å²) in [7, 11) is 0. The molecule has 7 heteroatoms. The Morgan fingerprint density at radius 1 is 1.28 bits per heavy atom. The average molecular weight is 242 g/mol. The lowest BCUT2D eigenvalue weighted by molar-refractivity contribution is 0.908. The van der Waals surface area contributed by atoms with Crippen LogP contribution in [0.4, 0.5) is 11.6 Å². The Kier molecular flexibility index (Phi) is 2.30. The lowest BCUT2D eigenvalue weighted by Gasteiger charge is -2.04. The Morgan fingerprint density at radius 3 is 3.00 bits per heavy atom. The van der Waals surface area contributed by atoms with E-state index >= 15 is 0 Å². The van der Waals surface area contributed by atoms with Crippen LogP contribution in [0.15, 0.2) is 29.2 Å². The molecule has 0 aliphatic carbocycles. The van der Waals surface area contributed by atoms with Crippen LogP contribution in [0, 0.1) is 6.92 Å². The first-order chi connectivity index (χ1) is 8.72. The molecular weight excluding hydrogens is 232 g/mol. The largest absolute Gasteiger partial charge is 0.324 e. The van der Waals surface area contributed by atoms with Crippen LogP contribution >= 0.6 is 0 Å². The van der Waals surface area contributed by atoms with Crippen LogP contribution in [0.3, 0.4) is 0 Å². The van der Waals surface area contributed by atoms with Crippen molar-refractivity contribution >= 4 is 22.5 Å². The van der Waals surface area contributed by atoms with E-state index in [4.69, 9.17) is 0 Å². The van der Waals surface area contributed by atoms with Gasteiger partial charge in [-0.3, -0.25) is 14.9 Å². The summed E-state index contributed by atoms with van der Waals surface area (Å²) in [6.07, 6.45) is 1.74. The summed E-state index contributed by atoms with van der Waals surface area (Å²) in [6, 6.07) is 5.67. The molecule has 18 heavy (non-hydrogen) atoms. The third kappa shape index (κ3) is 1.81. The smallest absolute Gasteiger partial charge is 0.273 e. The number of H-pyrrole nitrogens is 2. The minimum Gasteiger partial charge on any atom is -0.324 e. The topological polar surface area (TPSA) is 99.3 Å². The zero-order valence-electron chi connectivity index (χ0n) is 9.56. The van der Waals surface area contributed by atoms with E-state index in [9.17, 15) is 4.79 Å². The lowest BCUT2D eigenvalue weighted by Crippen LogP contribution is -2.15. The van der Waals surface area contributed by atoms with Gasteiger partial charge in [-0.15, -0.1) is 10.2 Å². The third-order valence-corrected chi connectivity index (χ3v) is 2.57. The molecule has 0 radical (unpaired) electrons. The molecule has 0 unspecified atom stereocenters. The van der Waals surface area contributed by atoms with Gasteiger partial charge in [-0.25, -0.2) is 0 Å². The number of benzene rings is 1. The molecule has 2 heterocycles. The number of hydrogen-bond acceptors (Lipinski definition) is 5. The molecule has 0 saturated carbocycles. The van der Waals surface area contributed by atoms with Crippen LogP contribution in [0.25, 0.3) is 10.9 Å². The van der Waals surface area contributed by atoms with Crippen LogP contribution in [0.5, 0.6) is 0 Å². The van der Waals surface area contributed by atoms with E-state index in [2.05, 4.69) is 30.7 Å². The Labute approximate surface area is 101 Å². The lowest BCUT2D eigenvalue weighted by atomic mass is 10.2. The van der Waals surface area contributed by atoms with E-state index in [1.165, 1.54) is 0 Å². The summed E-state index contributed by atoms with van der Waals surface area (Å²) in [5.41, 5.74) is 1.78. The number of aromatic amines is 2. The molecule has 3 rings (SSSR count). The monoisotopic (exact) mass is 242 g/mol. The number of nitrogens with zero attached hydrogens (tertiary/aromatic N) is 3. The van der Waals surface area contributed by atoms with Crippen molar-refractivity contribution in [3.63, 3.8) is 0 Å². The van der Waals surface area contributed by atoms with Crippen LogP contribution < -0.4 is 10.9 Å². The highest BCUT2D eigenvalue weighted by Crippen LogP contribution is 2.18. The van der Waals surface area contributed by atoms with Crippen molar-refractivity contribution in [2.24, 2.45) is 0 Å². The van der Waals surface area contributed by atoms with Crippen LogP contribution in [0.2, 0.25) is 0 Å². The summed E-state index contributed by atoms with van der Waals surface area (Å²) in [5.74, 6) is 0.310. The molecule has 0 atom stereocenters. The summed E-state index contributed by atoms with van der Waals surface area (Å²) < 4.78 is 0. The first kappa shape index (κ1) is 10.5. The van der Waals surface area contributed by atoms with E-state index in [-0.39, 0.29) is 5.56 Å². The fourth-order valence-corrected chi connectivity index (χ4v) is 1.60. The number of anilines is 2. The van der Waals surface area contributed by atoms with E-state index in [0.717, 1.165) is 16.6 Å². The number of fused-ring (bicyclic) bond motifs is 1. The van der Waals surface area contributed by atoms with E-state index in [1.54, 1.807) is 13.1 Å². The van der Waals surface area contributed by atoms with Crippen LogP contribution in [0.1, 0.15) is 5.69 Å². The fourth-order valence-electron chi connectivity index (χ4n) is 1.60. The van der Waals surface area contributed by atoms with Crippen LogP contribution in [-0.4, -0.2) is 25.4 Å². The quantitative estimate of drug-likeness (QED) is 0.624. The number of nitrogens with one attached hydrogen (secondary N) is 3. The normalized spacial score (nSPS) is 10.7. The van der Waals surface area contributed by atoms with Gasteiger partial charge in [0.2, 0.25) is 5.95 Å². The molecule has 0 bridgehead atoms. The standard InChI is InChI=1S/C11H10N6O/c1-6-10(18)14-11(17-15-6)13-8-3-2-7-5-12-16-9(7)4-8/h2-5H,1H3,(H,12,16)(H2,13,14,17,18). The zero-order valence-corrected chi connectivity index (χ0v) is 9.56. The molecule has 3 N–H and O–H groups in total. The molecule has 0 amide bonds. The van der Waals surface area contributed by atoms with Gasteiger partial charge in [-0.1, -0.05) is 0 Å². The van der Waals surface area contributed by atoms with Gasteiger partial charge in [0.05, 0.1) is 11.7 Å². The number of hydrogen-bond donors (Lipinski definition) is 3. The molecular formula is C11H10N6O. The van der Waals surface area contributed by atoms with E-state index in [1.807, 2.05) is 18.2 Å². The molecule has 7 nitrogen and oxygen atoms in total. The van der Waals surface area contributed by atoms with Gasteiger partial charge in [0.15, 0.2) is 0 Å². The number of aryl methyl sites for hydroxylation is 1. The summed E-state index contributed by atoms with van der Waals surface area (Å²) in [6.45, 7) is 1.60. The second-order valence-electron chi connectivity index (χ2n) is 3.89. The summed E-state index contributed by atoms with van der Waals surface area (Å²) in [5, 5.41) is 18.4. The molecule has 0 aliphatic heterocycles. The van der Waals surface area contributed by atoms with Gasteiger partial charge in [-0.2, -0.15) is 5.10 Å². The second-order valence-corrected chi connectivity index (χ2v) is 3.89. The maximum Gasteiger partial charge on any atom is 0.273 e. The minimum atomic E-state index is -0.255. The van der Waals surface area contributed by atoms with Crippen LogP contribution in [-0.2, 0) is 0 Å². The number of aromatic nitrogens is 5. The highest BCUT2D eigenvalue weighted by Gasteiger charge is 2.02. The second kappa shape index (κ2) is 3.95. The minimum absolute atomic E-state index is 0.255. The van der Waals surface area contributed by atoms with Crippen molar-refractivity contribution in [2.45, 2.75) is 6.92 Å². The first-order valence-corrected chi connectivity index (χ1v) is 5.36. The van der Waals surface area contributed by atoms with Gasteiger partial charge in [0.25, 0.3) is 5.56 Å². The predicted octanol–water partition coefficient (Wildman–Crippen LogP) is 1.09. The highest BCUT2D eigenvalue weighted by molar-refractivity contribution is 5.82. The third-order valence-electron chi connectivity index (χ3n) is 2.57. The maximum atomic E-state index is 11.4. The predicted molar refractivity (Wildman–Crippen MR) is 66.8 cm³/mol. The van der Waals surface area contributed by atoms with E-state index < -0.39 is 0 Å². The summed E-state index contributed by atoms with van der Waals surface area (Å²) in [4.78, 5) is 14.0. The maximum absolute atomic E-state index is 11.4. The summed E-state index contributed by atoms with van der Waals surface area (Å²) >= 11 is 0. The molecule has 90 valence electrons. The molecule has 0 spiro atoms. The molecule has 1 aromatic carbocycles. The van der Waals surface area contributed by atoms with Gasteiger partial charge in [0, 0.05) is 11.1 Å². The fraction of sp³-hybridized carbons (Fsp3) is 0.0909. The van der Waals surface area contributed by atoms with Crippen molar-refractivity contribution in [3.05, 3.63) is 40.4 Å². The Balaban J connectivity index is 1.95. The SMILES string of the molecule is Cc1nnc(Nc2ccc3cn[nH]c3c2)[nH]c1=O. The van der Waals surface area contributed by atoms with Gasteiger partial charge >= 0.3 is 0 Å². The molecule has 0 fully saturated rings. The van der Waals surface area contributed by atoms with Crippen molar-refractivity contribution < 1.29 is 0 Å². The molecule has 3 aromatic rings. The van der Waals surface area contributed by atoms with Gasteiger partial charge < -0.3 is 5.32 Å². The molecule has 2 aromatic heterocycles.